The van der Waals surface area contributed by atoms with Gasteiger partial charge in [0.1, 0.15) is 17.0 Å². The highest BCUT2D eigenvalue weighted by Gasteiger charge is 2.27. The van der Waals surface area contributed by atoms with Crippen LogP contribution >= 0.6 is 11.3 Å². The summed E-state index contributed by atoms with van der Waals surface area (Å²) in [6.45, 7) is 0.271. The Morgan fingerprint density at radius 1 is 1.19 bits per heavy atom. The molecular weight excluding hydrogens is 282 g/mol. The third kappa shape index (κ3) is 2.32. The normalized spacial score (nSPS) is 25.2. The van der Waals surface area contributed by atoms with Crippen molar-refractivity contribution in [2.75, 3.05) is 11.9 Å². The molecule has 112 valence electrons. The molecular formula is C16H21N3OS. The monoisotopic (exact) mass is 303 g/mol. The quantitative estimate of drug-likeness (QED) is 0.914. The maximum absolute atomic E-state index is 9.60. The summed E-state index contributed by atoms with van der Waals surface area (Å²) in [5.74, 6) is 1.35. The van der Waals surface area contributed by atoms with Crippen LogP contribution in [0, 0.1) is 5.92 Å². The molecule has 2 aliphatic rings. The highest BCUT2D eigenvalue weighted by molar-refractivity contribution is 7.19. The molecule has 0 aromatic carbocycles. The Balaban J connectivity index is 1.70. The predicted molar refractivity (Wildman–Crippen MR) is 85.9 cm³/mol. The number of aryl methyl sites for hydroxylation is 2. The van der Waals surface area contributed by atoms with Crippen molar-refractivity contribution >= 4 is 27.4 Å². The number of fused-ring (bicyclic) bond motifs is 3. The molecule has 2 aromatic heterocycles. The van der Waals surface area contributed by atoms with Crippen molar-refractivity contribution in [2.45, 2.75) is 51.0 Å². The second-order valence-electron chi connectivity index (χ2n) is 6.24. The lowest BCUT2D eigenvalue weighted by Gasteiger charge is -2.31. The van der Waals surface area contributed by atoms with E-state index in [-0.39, 0.29) is 6.61 Å². The fourth-order valence-corrected chi connectivity index (χ4v) is 5.06. The summed E-state index contributed by atoms with van der Waals surface area (Å²) in [4.78, 5) is 11.6. The van der Waals surface area contributed by atoms with Gasteiger partial charge in [0.2, 0.25) is 0 Å². The number of rotatable bonds is 3. The van der Waals surface area contributed by atoms with Gasteiger partial charge in [-0.15, -0.1) is 11.3 Å². The molecule has 0 amide bonds. The first kappa shape index (κ1) is 13.5. The highest BCUT2D eigenvalue weighted by Crippen LogP contribution is 2.39. The van der Waals surface area contributed by atoms with Crippen molar-refractivity contribution < 1.29 is 5.11 Å². The van der Waals surface area contributed by atoms with Crippen molar-refractivity contribution in [1.82, 2.24) is 9.97 Å². The Bertz CT molecular complexity index is 654. The third-order valence-corrected chi connectivity index (χ3v) is 6.17. The minimum atomic E-state index is 0.271. The SMILES string of the molecule is OC[C@H]1CCCC[C@H]1Nc1ncnc2sc3c(c12)CCC3. The number of aliphatic hydroxyl groups excluding tert-OH is 1. The second-order valence-corrected chi connectivity index (χ2v) is 7.32. The van der Waals surface area contributed by atoms with Gasteiger partial charge in [0, 0.05) is 23.4 Å². The van der Waals surface area contributed by atoms with Crippen LogP contribution in [0.1, 0.15) is 42.5 Å². The van der Waals surface area contributed by atoms with Crippen LogP contribution in [0.5, 0.6) is 0 Å². The van der Waals surface area contributed by atoms with E-state index in [1.807, 2.05) is 11.3 Å². The zero-order valence-electron chi connectivity index (χ0n) is 12.1. The molecule has 1 saturated carbocycles. The summed E-state index contributed by atoms with van der Waals surface area (Å²) in [6.07, 6.45) is 10.00. The maximum atomic E-state index is 9.60. The molecule has 0 radical (unpaired) electrons. The summed E-state index contributed by atoms with van der Waals surface area (Å²) in [5, 5.41) is 14.5. The lowest BCUT2D eigenvalue weighted by Crippen LogP contribution is -2.34. The summed E-state index contributed by atoms with van der Waals surface area (Å²) >= 11 is 1.83. The van der Waals surface area contributed by atoms with Crippen molar-refractivity contribution in [3.05, 3.63) is 16.8 Å². The van der Waals surface area contributed by atoms with E-state index < -0.39 is 0 Å². The standard InChI is InChI=1S/C16H21N3OS/c20-8-10-4-1-2-6-12(10)19-15-14-11-5-3-7-13(11)21-16(14)18-9-17-15/h9-10,12,20H,1-8H2,(H,17,18,19)/t10-,12-/m1/s1. The molecule has 2 aliphatic carbocycles. The van der Waals surface area contributed by atoms with Crippen LogP contribution < -0.4 is 5.32 Å². The van der Waals surface area contributed by atoms with E-state index in [9.17, 15) is 5.11 Å². The lowest BCUT2D eigenvalue weighted by atomic mass is 9.85. The van der Waals surface area contributed by atoms with E-state index in [1.54, 1.807) is 6.33 Å². The number of nitrogens with zero attached hydrogens (tertiary/aromatic N) is 2. The van der Waals surface area contributed by atoms with Gasteiger partial charge in [-0.3, -0.25) is 0 Å². The first-order chi connectivity index (χ1) is 10.4. The Morgan fingerprint density at radius 2 is 2.10 bits per heavy atom. The van der Waals surface area contributed by atoms with Crippen LogP contribution in [0.2, 0.25) is 0 Å². The summed E-state index contributed by atoms with van der Waals surface area (Å²) < 4.78 is 0. The molecule has 1 fully saturated rings. The number of thiophene rings is 1. The molecule has 21 heavy (non-hydrogen) atoms. The van der Waals surface area contributed by atoms with Crippen LogP contribution in [-0.4, -0.2) is 27.7 Å². The van der Waals surface area contributed by atoms with Crippen LogP contribution in [0.25, 0.3) is 10.2 Å². The Kier molecular flexibility index (Phi) is 3.55. The molecule has 2 atom stereocenters. The van der Waals surface area contributed by atoms with Gasteiger partial charge in [-0.1, -0.05) is 12.8 Å². The summed E-state index contributed by atoms with van der Waals surface area (Å²) in [6, 6.07) is 0.346. The fraction of sp³-hybridized carbons (Fsp3) is 0.625. The number of aliphatic hydroxyl groups is 1. The van der Waals surface area contributed by atoms with Crippen molar-refractivity contribution in [2.24, 2.45) is 5.92 Å². The van der Waals surface area contributed by atoms with Crippen molar-refractivity contribution in [3.8, 4) is 0 Å². The van der Waals surface area contributed by atoms with E-state index >= 15 is 0 Å². The van der Waals surface area contributed by atoms with Crippen LogP contribution in [0.15, 0.2) is 6.33 Å². The van der Waals surface area contributed by atoms with Crippen LogP contribution in [-0.2, 0) is 12.8 Å². The largest absolute Gasteiger partial charge is 0.396 e. The molecule has 2 heterocycles. The van der Waals surface area contributed by atoms with E-state index in [0.29, 0.717) is 12.0 Å². The topological polar surface area (TPSA) is 58.0 Å². The predicted octanol–water partition coefficient (Wildman–Crippen LogP) is 3.14. The average Bonchev–Trinajstić information content (AvgIpc) is 3.08. The third-order valence-electron chi connectivity index (χ3n) is 4.97. The molecule has 0 bridgehead atoms. The second kappa shape index (κ2) is 5.54. The van der Waals surface area contributed by atoms with Gasteiger partial charge in [0.05, 0.1) is 5.39 Å². The highest BCUT2D eigenvalue weighted by atomic mass is 32.1. The number of hydrogen-bond acceptors (Lipinski definition) is 5. The zero-order chi connectivity index (χ0) is 14.2. The van der Waals surface area contributed by atoms with Crippen LogP contribution in [0.4, 0.5) is 5.82 Å². The van der Waals surface area contributed by atoms with Crippen molar-refractivity contribution in [1.29, 1.82) is 0 Å². The molecule has 0 aliphatic heterocycles. The number of nitrogens with one attached hydrogen (secondary N) is 1. The van der Waals surface area contributed by atoms with E-state index in [4.69, 9.17) is 0 Å². The van der Waals surface area contributed by atoms with Gasteiger partial charge >= 0.3 is 0 Å². The first-order valence-electron chi connectivity index (χ1n) is 7.99. The molecule has 0 unspecified atom stereocenters. The van der Waals surface area contributed by atoms with E-state index in [1.165, 1.54) is 41.5 Å². The molecule has 4 rings (SSSR count). The number of hydrogen-bond donors (Lipinski definition) is 2. The Morgan fingerprint density at radius 3 is 3.00 bits per heavy atom. The lowest BCUT2D eigenvalue weighted by molar-refractivity contribution is 0.178. The molecule has 5 heteroatoms. The zero-order valence-corrected chi connectivity index (χ0v) is 13.0. The van der Waals surface area contributed by atoms with Gasteiger partial charge in [-0.05, 0) is 37.7 Å². The molecule has 2 aromatic rings. The summed E-state index contributed by atoms with van der Waals surface area (Å²) in [7, 11) is 0. The van der Waals surface area contributed by atoms with Crippen LogP contribution in [0.3, 0.4) is 0 Å². The van der Waals surface area contributed by atoms with Crippen molar-refractivity contribution in [3.63, 3.8) is 0 Å². The van der Waals surface area contributed by atoms with E-state index in [0.717, 1.165) is 29.9 Å². The van der Waals surface area contributed by atoms with Gasteiger partial charge < -0.3 is 10.4 Å². The molecule has 0 saturated heterocycles. The molecule has 2 N–H and O–H groups in total. The van der Waals surface area contributed by atoms with Gasteiger partial charge in [0.15, 0.2) is 0 Å². The van der Waals surface area contributed by atoms with Gasteiger partial charge in [-0.25, -0.2) is 9.97 Å². The summed E-state index contributed by atoms with van der Waals surface area (Å²) in [5.41, 5.74) is 1.47. The first-order valence-corrected chi connectivity index (χ1v) is 8.81. The Hall–Kier alpha value is -1.20. The number of aromatic nitrogens is 2. The maximum Gasteiger partial charge on any atom is 0.138 e. The fourth-order valence-electron chi connectivity index (χ4n) is 3.83. The molecule has 4 nitrogen and oxygen atoms in total. The minimum absolute atomic E-state index is 0.271. The smallest absolute Gasteiger partial charge is 0.138 e. The minimum Gasteiger partial charge on any atom is -0.396 e. The average molecular weight is 303 g/mol. The number of anilines is 1. The van der Waals surface area contributed by atoms with E-state index in [2.05, 4.69) is 15.3 Å². The van der Waals surface area contributed by atoms with Gasteiger partial charge in [0.25, 0.3) is 0 Å². The van der Waals surface area contributed by atoms with Gasteiger partial charge in [-0.2, -0.15) is 0 Å². The molecule has 0 spiro atoms. The Labute approximate surface area is 128 Å².